The molecule has 2 atom stereocenters. The van der Waals surface area contributed by atoms with E-state index in [0.29, 0.717) is 18.3 Å². The van der Waals surface area contributed by atoms with Crippen LogP contribution in [-0.2, 0) is 9.53 Å². The van der Waals surface area contributed by atoms with Crippen molar-refractivity contribution in [3.8, 4) is 0 Å². The maximum Gasteiger partial charge on any atom is 0.166 e. The molecule has 2 unspecified atom stereocenters. The first-order chi connectivity index (χ1) is 8.11. The van der Waals surface area contributed by atoms with Gasteiger partial charge in [0, 0.05) is 12.8 Å². The predicted molar refractivity (Wildman–Crippen MR) is 68.5 cm³/mol. The predicted octanol–water partition coefficient (Wildman–Crippen LogP) is 3.63. The van der Waals surface area contributed by atoms with Gasteiger partial charge in [0.2, 0.25) is 0 Å². The van der Waals surface area contributed by atoms with Gasteiger partial charge in [0.1, 0.15) is 11.9 Å². The first-order valence-corrected chi connectivity index (χ1v) is 6.73. The average molecular weight is 234 g/mol. The molecule has 0 bridgehead atoms. The van der Waals surface area contributed by atoms with Crippen LogP contribution in [-0.4, -0.2) is 11.9 Å². The molecule has 0 amide bonds. The maximum atomic E-state index is 12.0. The molecule has 17 heavy (non-hydrogen) atoms. The molecule has 2 rings (SSSR count). The maximum absolute atomic E-state index is 12.0. The lowest BCUT2D eigenvalue weighted by Crippen LogP contribution is -2.27. The standard InChI is InChI=1S/C15H22O2/c1-4-5-12-6-7-13-14(16)8-11(10(2)3)9-15(13)17-12/h6-7,10-12H,4-5,8-9H2,1-3H3. The lowest BCUT2D eigenvalue weighted by molar-refractivity contribution is -0.117. The summed E-state index contributed by atoms with van der Waals surface area (Å²) in [5, 5.41) is 0. The molecule has 2 aliphatic rings. The van der Waals surface area contributed by atoms with Gasteiger partial charge in [-0.25, -0.2) is 0 Å². The summed E-state index contributed by atoms with van der Waals surface area (Å²) in [4.78, 5) is 12.0. The van der Waals surface area contributed by atoms with E-state index < -0.39 is 0 Å². The summed E-state index contributed by atoms with van der Waals surface area (Å²) in [6.45, 7) is 6.53. The van der Waals surface area contributed by atoms with Crippen LogP contribution in [0.2, 0.25) is 0 Å². The molecule has 0 saturated heterocycles. The molecule has 2 heteroatoms. The van der Waals surface area contributed by atoms with Gasteiger partial charge in [-0.1, -0.05) is 27.2 Å². The molecule has 0 N–H and O–H groups in total. The Balaban J connectivity index is 2.14. The van der Waals surface area contributed by atoms with Crippen molar-refractivity contribution in [3.05, 3.63) is 23.5 Å². The summed E-state index contributed by atoms with van der Waals surface area (Å²) in [5.74, 6) is 2.21. The molecule has 0 spiro atoms. The third kappa shape index (κ3) is 2.62. The van der Waals surface area contributed by atoms with E-state index in [2.05, 4.69) is 20.8 Å². The van der Waals surface area contributed by atoms with Crippen LogP contribution in [0.1, 0.15) is 46.5 Å². The molecule has 1 aliphatic carbocycles. The Bertz CT molecular complexity index is 363. The lowest BCUT2D eigenvalue weighted by atomic mass is 9.80. The highest BCUT2D eigenvalue weighted by Crippen LogP contribution is 2.36. The minimum absolute atomic E-state index is 0.178. The van der Waals surface area contributed by atoms with Gasteiger partial charge >= 0.3 is 0 Å². The number of ketones is 1. The van der Waals surface area contributed by atoms with Gasteiger partial charge < -0.3 is 4.74 Å². The first-order valence-electron chi connectivity index (χ1n) is 6.73. The van der Waals surface area contributed by atoms with E-state index in [1.807, 2.05) is 12.2 Å². The van der Waals surface area contributed by atoms with E-state index >= 15 is 0 Å². The van der Waals surface area contributed by atoms with E-state index in [1.54, 1.807) is 0 Å². The van der Waals surface area contributed by atoms with Crippen molar-refractivity contribution >= 4 is 5.78 Å². The van der Waals surface area contributed by atoms with E-state index in [0.717, 1.165) is 30.6 Å². The van der Waals surface area contributed by atoms with Crippen molar-refractivity contribution in [1.29, 1.82) is 0 Å². The Morgan fingerprint density at radius 2 is 2.18 bits per heavy atom. The zero-order valence-electron chi connectivity index (χ0n) is 11.0. The van der Waals surface area contributed by atoms with Gasteiger partial charge in [-0.2, -0.15) is 0 Å². The normalized spacial score (nSPS) is 28.4. The first kappa shape index (κ1) is 12.4. The largest absolute Gasteiger partial charge is 0.490 e. The Kier molecular flexibility index (Phi) is 3.70. The zero-order valence-corrected chi connectivity index (χ0v) is 11.0. The topological polar surface area (TPSA) is 26.3 Å². The van der Waals surface area contributed by atoms with E-state index in [9.17, 15) is 4.79 Å². The average Bonchev–Trinajstić information content (AvgIpc) is 2.28. The van der Waals surface area contributed by atoms with Crippen molar-refractivity contribution < 1.29 is 9.53 Å². The van der Waals surface area contributed by atoms with Crippen molar-refractivity contribution in [1.82, 2.24) is 0 Å². The van der Waals surface area contributed by atoms with Crippen LogP contribution in [0, 0.1) is 11.8 Å². The molecule has 1 aliphatic heterocycles. The van der Waals surface area contributed by atoms with Crippen LogP contribution < -0.4 is 0 Å². The second-order valence-corrected chi connectivity index (χ2v) is 5.48. The second-order valence-electron chi connectivity index (χ2n) is 5.48. The van der Waals surface area contributed by atoms with Crippen LogP contribution in [0.25, 0.3) is 0 Å². The highest BCUT2D eigenvalue weighted by molar-refractivity contribution is 5.99. The zero-order chi connectivity index (χ0) is 12.4. The number of hydrogen-bond donors (Lipinski definition) is 0. The van der Waals surface area contributed by atoms with Crippen molar-refractivity contribution in [2.45, 2.75) is 52.6 Å². The number of Topliss-reactive ketones (excluding diaryl/α,β-unsaturated/α-hetero) is 1. The van der Waals surface area contributed by atoms with Gasteiger partial charge in [-0.15, -0.1) is 0 Å². The molecule has 0 fully saturated rings. The molecule has 0 aromatic heterocycles. The minimum Gasteiger partial charge on any atom is -0.490 e. The number of rotatable bonds is 3. The van der Waals surface area contributed by atoms with Crippen LogP contribution in [0.4, 0.5) is 0 Å². The van der Waals surface area contributed by atoms with Gasteiger partial charge in [0.15, 0.2) is 5.78 Å². The Labute approximate surface area is 104 Å². The lowest BCUT2D eigenvalue weighted by Gasteiger charge is -2.32. The minimum atomic E-state index is 0.178. The van der Waals surface area contributed by atoms with Gasteiger partial charge in [-0.3, -0.25) is 4.79 Å². The number of carbonyl (C=O) groups is 1. The van der Waals surface area contributed by atoms with E-state index in [1.165, 1.54) is 0 Å². The summed E-state index contributed by atoms with van der Waals surface area (Å²) < 4.78 is 5.95. The Morgan fingerprint density at radius 3 is 2.82 bits per heavy atom. The third-order valence-corrected chi connectivity index (χ3v) is 3.78. The molecule has 0 aromatic rings. The number of hydrogen-bond acceptors (Lipinski definition) is 2. The summed E-state index contributed by atoms with van der Waals surface area (Å²) in [7, 11) is 0. The van der Waals surface area contributed by atoms with Crippen molar-refractivity contribution in [2.75, 3.05) is 0 Å². The van der Waals surface area contributed by atoms with E-state index in [4.69, 9.17) is 4.74 Å². The molecule has 2 nitrogen and oxygen atoms in total. The molecule has 1 heterocycles. The van der Waals surface area contributed by atoms with Gasteiger partial charge in [0.05, 0.1) is 5.57 Å². The highest BCUT2D eigenvalue weighted by atomic mass is 16.5. The van der Waals surface area contributed by atoms with Crippen LogP contribution in [0.5, 0.6) is 0 Å². The van der Waals surface area contributed by atoms with Crippen LogP contribution >= 0.6 is 0 Å². The number of carbonyl (C=O) groups excluding carboxylic acids is 1. The SMILES string of the molecule is CCCC1C=CC2=C(CC(C(C)C)CC2=O)O1. The molecule has 0 saturated carbocycles. The van der Waals surface area contributed by atoms with Crippen molar-refractivity contribution in [2.24, 2.45) is 11.8 Å². The van der Waals surface area contributed by atoms with Gasteiger partial charge in [0.25, 0.3) is 0 Å². The monoisotopic (exact) mass is 234 g/mol. The number of allylic oxidation sites excluding steroid dienone is 3. The van der Waals surface area contributed by atoms with Crippen LogP contribution in [0.3, 0.4) is 0 Å². The smallest absolute Gasteiger partial charge is 0.166 e. The molecule has 0 radical (unpaired) electrons. The van der Waals surface area contributed by atoms with Crippen LogP contribution in [0.15, 0.2) is 23.5 Å². The summed E-state index contributed by atoms with van der Waals surface area (Å²) in [6.07, 6.45) is 7.96. The fraction of sp³-hybridized carbons (Fsp3) is 0.667. The molecule has 0 aromatic carbocycles. The quantitative estimate of drug-likeness (QED) is 0.745. The second kappa shape index (κ2) is 5.07. The summed E-state index contributed by atoms with van der Waals surface area (Å²) in [6, 6.07) is 0. The number of ether oxygens (including phenoxy) is 1. The fourth-order valence-electron chi connectivity index (χ4n) is 2.56. The third-order valence-electron chi connectivity index (χ3n) is 3.78. The van der Waals surface area contributed by atoms with Gasteiger partial charge in [-0.05, 0) is 30.4 Å². The molecular weight excluding hydrogens is 212 g/mol. The fourth-order valence-corrected chi connectivity index (χ4v) is 2.56. The van der Waals surface area contributed by atoms with Crippen molar-refractivity contribution in [3.63, 3.8) is 0 Å². The van der Waals surface area contributed by atoms with E-state index in [-0.39, 0.29) is 11.9 Å². The highest BCUT2D eigenvalue weighted by Gasteiger charge is 2.31. The molecular formula is C15H22O2. The Hall–Kier alpha value is -1.05. The Morgan fingerprint density at radius 1 is 1.41 bits per heavy atom. The summed E-state index contributed by atoms with van der Waals surface area (Å²) in [5.41, 5.74) is 0.828. The molecule has 94 valence electrons. The summed E-state index contributed by atoms with van der Waals surface area (Å²) >= 11 is 0.